The predicted octanol–water partition coefficient (Wildman–Crippen LogP) is 0.725. The minimum Gasteiger partial charge on any atom is -0.504 e. The number of nitrogens with one attached hydrogen (secondary N) is 1. The fourth-order valence-corrected chi connectivity index (χ4v) is 2.86. The van der Waals surface area contributed by atoms with Crippen LogP contribution in [0, 0.1) is 0 Å². The monoisotopic (exact) mass is 334 g/mol. The second-order valence-corrected chi connectivity index (χ2v) is 6.06. The molecule has 1 aromatic rings. The van der Waals surface area contributed by atoms with E-state index in [0.717, 1.165) is 6.42 Å². The van der Waals surface area contributed by atoms with Gasteiger partial charge in [0.1, 0.15) is 17.9 Å². The maximum Gasteiger partial charge on any atom is 0.246 e. The number of nitrogens with zero attached hydrogens (tertiary/aromatic N) is 1. The first-order valence-electron chi connectivity index (χ1n) is 7.94. The number of hydrogen-bond acceptors (Lipinski definition) is 5. The van der Waals surface area contributed by atoms with Gasteiger partial charge < -0.3 is 20.4 Å². The molecule has 1 heterocycles. The van der Waals surface area contributed by atoms with Crippen molar-refractivity contribution in [2.24, 2.45) is 0 Å². The number of carbonyl (C=O) groups excluding carboxylic acids is 3. The lowest BCUT2D eigenvalue weighted by atomic mass is 9.97. The maximum absolute atomic E-state index is 12.6. The van der Waals surface area contributed by atoms with E-state index in [1.807, 2.05) is 6.92 Å². The SMILES string of the molecule is CCCC1NC(=O)C(Cc2ccc(O)c(O)c2)N(CC(C)=O)C1=O. The van der Waals surface area contributed by atoms with Crippen molar-refractivity contribution in [1.29, 1.82) is 0 Å². The summed E-state index contributed by atoms with van der Waals surface area (Å²) >= 11 is 0. The molecule has 2 atom stereocenters. The van der Waals surface area contributed by atoms with E-state index in [4.69, 9.17) is 0 Å². The van der Waals surface area contributed by atoms with Gasteiger partial charge in [0.05, 0.1) is 6.54 Å². The number of piperazine rings is 1. The second kappa shape index (κ2) is 7.33. The molecule has 3 N–H and O–H groups in total. The molecular weight excluding hydrogens is 312 g/mol. The quantitative estimate of drug-likeness (QED) is 0.665. The molecule has 1 saturated heterocycles. The molecule has 2 unspecified atom stereocenters. The number of hydrogen-bond donors (Lipinski definition) is 3. The standard InChI is InChI=1S/C17H22N2O5/c1-3-4-12-17(24)19(9-10(2)20)13(16(23)18-12)7-11-5-6-14(21)15(22)8-11/h5-6,8,12-13,21-22H,3-4,7,9H2,1-2H3,(H,18,23). The Morgan fingerprint density at radius 3 is 2.54 bits per heavy atom. The average molecular weight is 334 g/mol. The second-order valence-electron chi connectivity index (χ2n) is 6.06. The highest BCUT2D eigenvalue weighted by atomic mass is 16.3. The molecule has 1 aliphatic heterocycles. The summed E-state index contributed by atoms with van der Waals surface area (Å²) < 4.78 is 0. The average Bonchev–Trinajstić information content (AvgIpc) is 2.51. The number of amides is 2. The van der Waals surface area contributed by atoms with E-state index in [0.29, 0.717) is 12.0 Å². The number of carbonyl (C=O) groups is 3. The smallest absolute Gasteiger partial charge is 0.246 e. The summed E-state index contributed by atoms with van der Waals surface area (Å²) in [6.45, 7) is 3.17. The number of benzene rings is 1. The van der Waals surface area contributed by atoms with Gasteiger partial charge in [0.15, 0.2) is 11.5 Å². The van der Waals surface area contributed by atoms with Crippen LogP contribution in [0.3, 0.4) is 0 Å². The Hall–Kier alpha value is -2.57. The van der Waals surface area contributed by atoms with Crippen molar-refractivity contribution >= 4 is 17.6 Å². The molecule has 1 fully saturated rings. The van der Waals surface area contributed by atoms with Crippen molar-refractivity contribution in [2.75, 3.05) is 6.54 Å². The summed E-state index contributed by atoms with van der Waals surface area (Å²) in [6, 6.07) is 2.81. The molecule has 7 nitrogen and oxygen atoms in total. The van der Waals surface area contributed by atoms with E-state index in [2.05, 4.69) is 5.32 Å². The van der Waals surface area contributed by atoms with Crippen molar-refractivity contribution in [3.63, 3.8) is 0 Å². The lowest BCUT2D eigenvalue weighted by Crippen LogP contribution is -2.64. The third-order valence-electron chi connectivity index (χ3n) is 4.02. The van der Waals surface area contributed by atoms with Crippen LogP contribution in [0.15, 0.2) is 18.2 Å². The van der Waals surface area contributed by atoms with Gasteiger partial charge >= 0.3 is 0 Å². The van der Waals surface area contributed by atoms with Crippen LogP contribution in [-0.4, -0.2) is 51.3 Å². The molecule has 2 amide bonds. The molecule has 0 radical (unpaired) electrons. The highest BCUT2D eigenvalue weighted by Gasteiger charge is 2.40. The Kier molecular flexibility index (Phi) is 5.43. The maximum atomic E-state index is 12.6. The number of aromatic hydroxyl groups is 2. The van der Waals surface area contributed by atoms with Gasteiger partial charge in [-0.3, -0.25) is 14.4 Å². The first kappa shape index (κ1) is 17.8. The van der Waals surface area contributed by atoms with Crippen LogP contribution in [-0.2, 0) is 20.8 Å². The zero-order valence-electron chi connectivity index (χ0n) is 13.8. The molecule has 7 heteroatoms. The molecule has 1 aliphatic rings. The van der Waals surface area contributed by atoms with Crippen LogP contribution < -0.4 is 5.32 Å². The number of Topliss-reactive ketones (excluding diaryl/α,β-unsaturated/α-hetero) is 1. The Morgan fingerprint density at radius 2 is 1.96 bits per heavy atom. The summed E-state index contributed by atoms with van der Waals surface area (Å²) in [5.74, 6) is -1.34. The Labute approximate surface area is 140 Å². The first-order chi connectivity index (χ1) is 11.3. The zero-order valence-corrected chi connectivity index (χ0v) is 13.8. The molecule has 0 aliphatic carbocycles. The van der Waals surface area contributed by atoms with Crippen molar-refractivity contribution in [2.45, 2.75) is 45.2 Å². The molecule has 24 heavy (non-hydrogen) atoms. The van der Waals surface area contributed by atoms with E-state index < -0.39 is 12.1 Å². The normalized spacial score (nSPS) is 20.8. The Morgan fingerprint density at radius 1 is 1.25 bits per heavy atom. The van der Waals surface area contributed by atoms with Crippen molar-refractivity contribution in [3.8, 4) is 11.5 Å². The molecule has 0 spiro atoms. The van der Waals surface area contributed by atoms with E-state index in [-0.39, 0.29) is 42.1 Å². The molecular formula is C17H22N2O5. The van der Waals surface area contributed by atoms with Crippen molar-refractivity contribution < 1.29 is 24.6 Å². The fourth-order valence-electron chi connectivity index (χ4n) is 2.86. The van der Waals surface area contributed by atoms with E-state index >= 15 is 0 Å². The lowest BCUT2D eigenvalue weighted by Gasteiger charge is -2.38. The van der Waals surface area contributed by atoms with Crippen LogP contribution in [0.2, 0.25) is 0 Å². The zero-order chi connectivity index (χ0) is 17.9. The molecule has 0 saturated carbocycles. The summed E-state index contributed by atoms with van der Waals surface area (Å²) in [6.07, 6.45) is 1.41. The largest absolute Gasteiger partial charge is 0.504 e. The van der Waals surface area contributed by atoms with Gasteiger partial charge in [0.2, 0.25) is 11.8 Å². The van der Waals surface area contributed by atoms with Crippen molar-refractivity contribution in [1.82, 2.24) is 10.2 Å². The number of phenols is 2. The van der Waals surface area contributed by atoms with Crippen LogP contribution >= 0.6 is 0 Å². The third kappa shape index (κ3) is 3.84. The van der Waals surface area contributed by atoms with Crippen LogP contribution in [0.1, 0.15) is 32.3 Å². The predicted molar refractivity (Wildman–Crippen MR) is 86.5 cm³/mol. The Bertz CT molecular complexity index is 658. The van der Waals surface area contributed by atoms with Gasteiger partial charge in [-0.2, -0.15) is 0 Å². The van der Waals surface area contributed by atoms with Gasteiger partial charge in [-0.15, -0.1) is 0 Å². The summed E-state index contributed by atoms with van der Waals surface area (Å²) in [7, 11) is 0. The van der Waals surface area contributed by atoms with E-state index in [1.165, 1.54) is 24.0 Å². The molecule has 0 bridgehead atoms. The Balaban J connectivity index is 2.26. The summed E-state index contributed by atoms with van der Waals surface area (Å²) in [5, 5.41) is 21.7. The third-order valence-corrected chi connectivity index (χ3v) is 4.02. The van der Waals surface area contributed by atoms with Crippen LogP contribution in [0.25, 0.3) is 0 Å². The highest BCUT2D eigenvalue weighted by Crippen LogP contribution is 2.26. The van der Waals surface area contributed by atoms with Crippen LogP contribution in [0.4, 0.5) is 0 Å². The number of phenolic OH excluding ortho intramolecular Hbond substituents is 2. The highest BCUT2D eigenvalue weighted by molar-refractivity contribution is 5.99. The van der Waals surface area contributed by atoms with E-state index in [1.54, 1.807) is 6.07 Å². The first-order valence-corrected chi connectivity index (χ1v) is 7.94. The number of ketones is 1. The lowest BCUT2D eigenvalue weighted by molar-refractivity contribution is -0.151. The van der Waals surface area contributed by atoms with Gasteiger partial charge in [-0.1, -0.05) is 19.4 Å². The minimum atomic E-state index is -0.821. The topological polar surface area (TPSA) is 107 Å². The summed E-state index contributed by atoms with van der Waals surface area (Å²) in [4.78, 5) is 37.9. The van der Waals surface area contributed by atoms with Gasteiger partial charge in [-0.05, 0) is 31.0 Å². The van der Waals surface area contributed by atoms with Gasteiger partial charge in [0.25, 0.3) is 0 Å². The molecule has 2 rings (SSSR count). The van der Waals surface area contributed by atoms with Crippen LogP contribution in [0.5, 0.6) is 11.5 Å². The fraction of sp³-hybridized carbons (Fsp3) is 0.471. The van der Waals surface area contributed by atoms with Gasteiger partial charge in [0, 0.05) is 6.42 Å². The number of rotatable bonds is 6. The minimum absolute atomic E-state index is 0.124. The van der Waals surface area contributed by atoms with E-state index in [9.17, 15) is 24.6 Å². The molecule has 1 aromatic carbocycles. The van der Waals surface area contributed by atoms with Gasteiger partial charge in [-0.25, -0.2) is 0 Å². The molecule has 130 valence electrons. The summed E-state index contributed by atoms with van der Waals surface area (Å²) in [5.41, 5.74) is 0.584. The van der Waals surface area contributed by atoms with Crippen molar-refractivity contribution in [3.05, 3.63) is 23.8 Å². The molecule has 0 aromatic heterocycles.